The van der Waals surface area contributed by atoms with Gasteiger partial charge < -0.3 is 5.32 Å². The van der Waals surface area contributed by atoms with Crippen molar-refractivity contribution in [2.45, 2.75) is 6.92 Å². The molecular weight excluding hydrogens is 218 g/mol. The summed E-state index contributed by atoms with van der Waals surface area (Å²) in [5, 5.41) is 7.42. The minimum atomic E-state index is 0.489. The van der Waals surface area contributed by atoms with Crippen molar-refractivity contribution >= 4 is 23.5 Å². The molecule has 0 aliphatic heterocycles. The number of hydrazone groups is 1. The van der Waals surface area contributed by atoms with E-state index in [0.717, 1.165) is 5.56 Å². The van der Waals surface area contributed by atoms with Crippen LogP contribution in [0.2, 0.25) is 0 Å². The first-order valence-electron chi connectivity index (χ1n) is 4.97. The van der Waals surface area contributed by atoms with E-state index in [1.165, 1.54) is 5.56 Å². The molecule has 84 valence electrons. The van der Waals surface area contributed by atoms with Crippen molar-refractivity contribution in [3.8, 4) is 0 Å². The third-order valence-electron chi connectivity index (χ3n) is 1.86. The van der Waals surface area contributed by atoms with E-state index < -0.39 is 0 Å². The van der Waals surface area contributed by atoms with Crippen LogP contribution in [0.4, 0.5) is 0 Å². The first-order valence-corrected chi connectivity index (χ1v) is 5.37. The zero-order valence-corrected chi connectivity index (χ0v) is 10.1. The number of nitrogens with zero attached hydrogens (tertiary/aromatic N) is 1. The lowest BCUT2D eigenvalue weighted by Crippen LogP contribution is -2.31. The lowest BCUT2D eigenvalue weighted by molar-refractivity contribution is 0.942. The van der Waals surface area contributed by atoms with Crippen LogP contribution in [0, 0.1) is 6.92 Å². The number of nitrogens with one attached hydrogen (secondary N) is 2. The van der Waals surface area contributed by atoms with Gasteiger partial charge >= 0.3 is 0 Å². The van der Waals surface area contributed by atoms with Crippen molar-refractivity contribution in [1.82, 2.24) is 10.7 Å². The van der Waals surface area contributed by atoms with Gasteiger partial charge in [-0.15, -0.1) is 6.58 Å². The van der Waals surface area contributed by atoms with Crippen LogP contribution in [-0.4, -0.2) is 17.9 Å². The predicted octanol–water partition coefficient (Wildman–Crippen LogP) is 1.98. The molecule has 1 aromatic rings. The topological polar surface area (TPSA) is 36.4 Å². The number of benzene rings is 1. The maximum absolute atomic E-state index is 4.97. The second kappa shape index (κ2) is 6.74. The summed E-state index contributed by atoms with van der Waals surface area (Å²) in [6.45, 7) is 6.26. The summed E-state index contributed by atoms with van der Waals surface area (Å²) < 4.78 is 0. The Balaban J connectivity index is 2.39. The molecule has 0 bridgehead atoms. The van der Waals surface area contributed by atoms with Crippen molar-refractivity contribution in [3.63, 3.8) is 0 Å². The average Bonchev–Trinajstić information content (AvgIpc) is 2.29. The Morgan fingerprint density at radius 1 is 1.44 bits per heavy atom. The van der Waals surface area contributed by atoms with E-state index in [-0.39, 0.29) is 0 Å². The first-order chi connectivity index (χ1) is 7.72. The summed E-state index contributed by atoms with van der Waals surface area (Å²) in [5.41, 5.74) is 4.98. The van der Waals surface area contributed by atoms with E-state index in [2.05, 4.69) is 22.4 Å². The largest absolute Gasteiger partial charge is 0.358 e. The van der Waals surface area contributed by atoms with Crippen molar-refractivity contribution in [1.29, 1.82) is 0 Å². The van der Waals surface area contributed by atoms with Crippen molar-refractivity contribution < 1.29 is 0 Å². The standard InChI is InChI=1S/C12H15N3S/c1-3-8-13-12(16)15-14-9-11-6-4-10(2)5-7-11/h3-7,9H,1,8H2,2H3,(H2,13,15,16)/b14-9-. The van der Waals surface area contributed by atoms with Gasteiger partial charge in [0, 0.05) is 6.54 Å². The Labute approximate surface area is 101 Å². The van der Waals surface area contributed by atoms with Gasteiger partial charge in [-0.25, -0.2) is 0 Å². The number of thiocarbonyl (C=S) groups is 1. The van der Waals surface area contributed by atoms with E-state index in [1.807, 2.05) is 31.2 Å². The summed E-state index contributed by atoms with van der Waals surface area (Å²) in [5.74, 6) is 0. The van der Waals surface area contributed by atoms with E-state index in [1.54, 1.807) is 12.3 Å². The number of aryl methyl sites for hydroxylation is 1. The molecule has 0 radical (unpaired) electrons. The monoisotopic (exact) mass is 233 g/mol. The van der Waals surface area contributed by atoms with Gasteiger partial charge in [-0.05, 0) is 24.7 Å². The lowest BCUT2D eigenvalue weighted by Gasteiger charge is -2.02. The SMILES string of the molecule is C=CCNC(=S)N/N=C\c1ccc(C)cc1. The molecule has 0 unspecified atom stereocenters. The average molecular weight is 233 g/mol. The quantitative estimate of drug-likeness (QED) is 0.361. The summed E-state index contributed by atoms with van der Waals surface area (Å²) in [4.78, 5) is 0. The molecule has 1 aromatic carbocycles. The Morgan fingerprint density at radius 2 is 2.12 bits per heavy atom. The van der Waals surface area contributed by atoms with Crippen molar-refractivity contribution in [3.05, 3.63) is 48.0 Å². The molecule has 4 heteroatoms. The molecule has 3 nitrogen and oxygen atoms in total. The van der Waals surface area contributed by atoms with Crippen molar-refractivity contribution in [2.24, 2.45) is 5.10 Å². The normalized spacial score (nSPS) is 10.1. The van der Waals surface area contributed by atoms with Gasteiger partial charge in [-0.1, -0.05) is 35.9 Å². The molecule has 0 aromatic heterocycles. The second-order valence-electron chi connectivity index (χ2n) is 3.28. The van der Waals surface area contributed by atoms with Gasteiger partial charge in [0.05, 0.1) is 6.21 Å². The number of hydrogen-bond acceptors (Lipinski definition) is 2. The molecule has 0 atom stereocenters. The Bertz CT molecular complexity index is 382. The Morgan fingerprint density at radius 3 is 2.75 bits per heavy atom. The summed E-state index contributed by atoms with van der Waals surface area (Å²) in [6.07, 6.45) is 3.46. The second-order valence-corrected chi connectivity index (χ2v) is 3.69. The summed E-state index contributed by atoms with van der Waals surface area (Å²) >= 11 is 4.97. The number of rotatable bonds is 4. The fourth-order valence-electron chi connectivity index (χ4n) is 1.02. The fraction of sp³-hybridized carbons (Fsp3) is 0.167. The van der Waals surface area contributed by atoms with E-state index in [4.69, 9.17) is 12.2 Å². The van der Waals surface area contributed by atoms with Gasteiger partial charge in [0.15, 0.2) is 5.11 Å². The highest BCUT2D eigenvalue weighted by Crippen LogP contribution is 1.99. The Kier molecular flexibility index (Phi) is 5.22. The minimum Gasteiger partial charge on any atom is -0.358 e. The molecule has 0 aliphatic rings. The van der Waals surface area contributed by atoms with Crippen LogP contribution in [0.3, 0.4) is 0 Å². The van der Waals surface area contributed by atoms with E-state index in [0.29, 0.717) is 11.7 Å². The Hall–Kier alpha value is -1.68. The zero-order chi connectivity index (χ0) is 11.8. The summed E-state index contributed by atoms with van der Waals surface area (Å²) in [7, 11) is 0. The predicted molar refractivity (Wildman–Crippen MR) is 72.7 cm³/mol. The first kappa shape index (κ1) is 12.4. The van der Waals surface area contributed by atoms with Crippen LogP contribution in [0.1, 0.15) is 11.1 Å². The van der Waals surface area contributed by atoms with Crippen LogP contribution in [0.5, 0.6) is 0 Å². The highest BCUT2D eigenvalue weighted by molar-refractivity contribution is 7.80. The molecule has 0 saturated carbocycles. The maximum Gasteiger partial charge on any atom is 0.187 e. The maximum atomic E-state index is 4.97. The molecular formula is C12H15N3S. The molecule has 2 N–H and O–H groups in total. The molecule has 0 heterocycles. The molecule has 0 amide bonds. The van der Waals surface area contributed by atoms with E-state index >= 15 is 0 Å². The molecule has 0 aliphatic carbocycles. The van der Waals surface area contributed by atoms with Gasteiger partial charge in [0.25, 0.3) is 0 Å². The fourth-order valence-corrected chi connectivity index (χ4v) is 1.16. The van der Waals surface area contributed by atoms with Crippen molar-refractivity contribution in [2.75, 3.05) is 6.54 Å². The highest BCUT2D eigenvalue weighted by atomic mass is 32.1. The smallest absolute Gasteiger partial charge is 0.187 e. The van der Waals surface area contributed by atoms with Crippen LogP contribution in [0.15, 0.2) is 42.0 Å². The zero-order valence-electron chi connectivity index (χ0n) is 9.23. The molecule has 0 spiro atoms. The van der Waals surface area contributed by atoms with Gasteiger partial charge in [-0.2, -0.15) is 5.10 Å². The molecule has 16 heavy (non-hydrogen) atoms. The summed E-state index contributed by atoms with van der Waals surface area (Å²) in [6, 6.07) is 8.08. The molecule has 0 saturated heterocycles. The van der Waals surface area contributed by atoms with Gasteiger partial charge in [0.2, 0.25) is 0 Å². The lowest BCUT2D eigenvalue weighted by atomic mass is 10.2. The van der Waals surface area contributed by atoms with Crippen LogP contribution in [0.25, 0.3) is 0 Å². The van der Waals surface area contributed by atoms with E-state index in [9.17, 15) is 0 Å². The molecule has 1 rings (SSSR count). The van der Waals surface area contributed by atoms with Gasteiger partial charge in [0.1, 0.15) is 0 Å². The highest BCUT2D eigenvalue weighted by Gasteiger charge is 1.89. The van der Waals surface area contributed by atoms with Crippen LogP contribution >= 0.6 is 12.2 Å². The third-order valence-corrected chi connectivity index (χ3v) is 2.10. The van der Waals surface area contributed by atoms with Gasteiger partial charge in [-0.3, -0.25) is 5.43 Å². The third kappa shape index (κ3) is 4.70. The van der Waals surface area contributed by atoms with Crippen LogP contribution in [-0.2, 0) is 0 Å². The number of hydrogen-bond donors (Lipinski definition) is 2. The minimum absolute atomic E-state index is 0.489. The molecule has 0 fully saturated rings. The van der Waals surface area contributed by atoms with Crippen LogP contribution < -0.4 is 10.7 Å².